The summed E-state index contributed by atoms with van der Waals surface area (Å²) in [7, 11) is 4.75. The Morgan fingerprint density at radius 1 is 0.958 bits per heavy atom. The zero-order valence-electron chi connectivity index (χ0n) is 13.7. The summed E-state index contributed by atoms with van der Waals surface area (Å²) in [5, 5.41) is 3.49. The van der Waals surface area contributed by atoms with Crippen molar-refractivity contribution in [3.05, 3.63) is 46.5 Å². The van der Waals surface area contributed by atoms with Crippen LogP contribution in [0.5, 0.6) is 17.2 Å². The van der Waals surface area contributed by atoms with E-state index in [0.29, 0.717) is 34.4 Å². The van der Waals surface area contributed by atoms with E-state index in [-0.39, 0.29) is 11.8 Å². The SMILES string of the molecule is COc1cc2c(cc1OC)[C@H](c1cc(Cl)ccc1OC)CC(=O)N2. The van der Waals surface area contributed by atoms with Gasteiger partial charge < -0.3 is 19.5 Å². The molecule has 1 N–H and O–H groups in total. The lowest BCUT2D eigenvalue weighted by Crippen LogP contribution is -2.24. The average molecular weight is 348 g/mol. The second-order valence-corrected chi connectivity index (χ2v) is 5.92. The lowest BCUT2D eigenvalue weighted by molar-refractivity contribution is -0.116. The van der Waals surface area contributed by atoms with Crippen molar-refractivity contribution in [2.45, 2.75) is 12.3 Å². The molecular formula is C18H18ClNO4. The van der Waals surface area contributed by atoms with E-state index in [1.54, 1.807) is 33.5 Å². The van der Waals surface area contributed by atoms with E-state index in [0.717, 1.165) is 11.1 Å². The highest BCUT2D eigenvalue weighted by Gasteiger charge is 2.30. The van der Waals surface area contributed by atoms with Crippen LogP contribution in [0.4, 0.5) is 5.69 Å². The zero-order chi connectivity index (χ0) is 17.3. The third kappa shape index (κ3) is 2.87. The average Bonchev–Trinajstić information content (AvgIpc) is 2.59. The standard InChI is InChI=1S/C18H18ClNO4/c1-22-15-5-4-10(19)6-13(15)11-8-18(21)20-14-9-17(24-3)16(23-2)7-12(11)14/h4-7,9,11H,8H2,1-3H3,(H,20,21)/t11-/m1/s1. The highest BCUT2D eigenvalue weighted by Crippen LogP contribution is 2.45. The predicted octanol–water partition coefficient (Wildman–Crippen LogP) is 3.84. The first-order valence-electron chi connectivity index (χ1n) is 7.46. The number of methoxy groups -OCH3 is 3. The number of benzene rings is 2. The van der Waals surface area contributed by atoms with Crippen molar-refractivity contribution >= 4 is 23.2 Å². The maximum absolute atomic E-state index is 12.2. The third-order valence-electron chi connectivity index (χ3n) is 4.16. The maximum atomic E-state index is 12.2. The number of amides is 1. The van der Waals surface area contributed by atoms with Gasteiger partial charge in [-0.2, -0.15) is 0 Å². The molecule has 0 saturated heterocycles. The summed E-state index contributed by atoms with van der Waals surface area (Å²) in [6.45, 7) is 0. The molecule has 0 bridgehead atoms. The minimum absolute atomic E-state index is 0.0678. The molecule has 126 valence electrons. The van der Waals surface area contributed by atoms with Crippen LogP contribution in [0.15, 0.2) is 30.3 Å². The van der Waals surface area contributed by atoms with Gasteiger partial charge in [-0.25, -0.2) is 0 Å². The van der Waals surface area contributed by atoms with Crippen molar-refractivity contribution in [2.75, 3.05) is 26.6 Å². The van der Waals surface area contributed by atoms with E-state index < -0.39 is 0 Å². The second kappa shape index (κ2) is 6.61. The van der Waals surface area contributed by atoms with E-state index in [1.807, 2.05) is 18.2 Å². The minimum atomic E-state index is -0.179. The van der Waals surface area contributed by atoms with Gasteiger partial charge in [0.1, 0.15) is 5.75 Å². The normalized spacial score (nSPS) is 16.2. The summed E-state index contributed by atoms with van der Waals surface area (Å²) >= 11 is 6.16. The zero-order valence-corrected chi connectivity index (χ0v) is 14.4. The molecule has 0 unspecified atom stereocenters. The van der Waals surface area contributed by atoms with E-state index in [1.165, 1.54) is 0 Å². The molecule has 5 nitrogen and oxygen atoms in total. The van der Waals surface area contributed by atoms with Crippen LogP contribution in [0, 0.1) is 0 Å². The number of ether oxygens (including phenoxy) is 3. The van der Waals surface area contributed by atoms with Crippen LogP contribution >= 0.6 is 11.6 Å². The van der Waals surface area contributed by atoms with Crippen LogP contribution in [0.25, 0.3) is 0 Å². The number of halogens is 1. The molecule has 2 aromatic carbocycles. The van der Waals surface area contributed by atoms with Gasteiger partial charge in [-0.1, -0.05) is 11.6 Å². The molecular weight excluding hydrogens is 330 g/mol. The molecule has 1 heterocycles. The molecule has 3 rings (SSSR count). The summed E-state index contributed by atoms with van der Waals surface area (Å²) < 4.78 is 16.2. The maximum Gasteiger partial charge on any atom is 0.225 e. The Labute approximate surface area is 145 Å². The summed E-state index contributed by atoms with van der Waals surface area (Å²) in [6, 6.07) is 9.07. The summed E-state index contributed by atoms with van der Waals surface area (Å²) in [4.78, 5) is 12.2. The Hall–Kier alpha value is -2.40. The van der Waals surface area contributed by atoms with E-state index in [2.05, 4.69) is 5.32 Å². The topological polar surface area (TPSA) is 56.8 Å². The molecule has 0 radical (unpaired) electrons. The number of nitrogens with one attached hydrogen (secondary N) is 1. The molecule has 1 aliphatic rings. The van der Waals surface area contributed by atoms with Gasteiger partial charge in [0.25, 0.3) is 0 Å². The van der Waals surface area contributed by atoms with Gasteiger partial charge >= 0.3 is 0 Å². The Morgan fingerprint density at radius 3 is 2.29 bits per heavy atom. The molecule has 1 atom stereocenters. The van der Waals surface area contributed by atoms with Crippen LogP contribution in [-0.4, -0.2) is 27.2 Å². The van der Waals surface area contributed by atoms with Crippen molar-refractivity contribution in [1.82, 2.24) is 0 Å². The quantitative estimate of drug-likeness (QED) is 0.913. The largest absolute Gasteiger partial charge is 0.496 e. The minimum Gasteiger partial charge on any atom is -0.496 e. The number of carbonyl (C=O) groups is 1. The van der Waals surface area contributed by atoms with E-state index >= 15 is 0 Å². The van der Waals surface area contributed by atoms with Gasteiger partial charge in [-0.15, -0.1) is 0 Å². The lowest BCUT2D eigenvalue weighted by Gasteiger charge is -2.28. The smallest absolute Gasteiger partial charge is 0.225 e. The fourth-order valence-corrected chi connectivity index (χ4v) is 3.22. The first kappa shape index (κ1) is 16.5. The predicted molar refractivity (Wildman–Crippen MR) is 92.6 cm³/mol. The van der Waals surface area contributed by atoms with Gasteiger partial charge in [0.05, 0.1) is 21.3 Å². The molecule has 6 heteroatoms. The highest BCUT2D eigenvalue weighted by atomic mass is 35.5. The summed E-state index contributed by atoms with van der Waals surface area (Å²) in [6.07, 6.45) is 0.305. The van der Waals surface area contributed by atoms with Crippen molar-refractivity contribution in [2.24, 2.45) is 0 Å². The number of anilines is 1. The van der Waals surface area contributed by atoms with Gasteiger partial charge in [-0.3, -0.25) is 4.79 Å². The monoisotopic (exact) mass is 347 g/mol. The summed E-state index contributed by atoms with van der Waals surface area (Å²) in [5.41, 5.74) is 2.51. The number of hydrogen-bond acceptors (Lipinski definition) is 4. The first-order chi connectivity index (χ1) is 11.6. The molecule has 2 aromatic rings. The Kier molecular flexibility index (Phi) is 4.53. The lowest BCUT2D eigenvalue weighted by atomic mass is 9.84. The Morgan fingerprint density at radius 2 is 1.62 bits per heavy atom. The summed E-state index contributed by atoms with van der Waals surface area (Å²) in [5.74, 6) is 1.62. The van der Waals surface area contributed by atoms with Gasteiger partial charge in [0, 0.05) is 34.7 Å². The molecule has 1 aliphatic heterocycles. The van der Waals surface area contributed by atoms with Crippen LogP contribution in [0.1, 0.15) is 23.5 Å². The first-order valence-corrected chi connectivity index (χ1v) is 7.84. The van der Waals surface area contributed by atoms with Gasteiger partial charge in [0.2, 0.25) is 5.91 Å². The van der Waals surface area contributed by atoms with Crippen LogP contribution < -0.4 is 19.5 Å². The van der Waals surface area contributed by atoms with Crippen molar-refractivity contribution < 1.29 is 19.0 Å². The number of rotatable bonds is 4. The number of hydrogen-bond donors (Lipinski definition) is 1. The molecule has 0 fully saturated rings. The van der Waals surface area contributed by atoms with E-state index in [4.69, 9.17) is 25.8 Å². The van der Waals surface area contributed by atoms with Crippen LogP contribution in [0.3, 0.4) is 0 Å². The van der Waals surface area contributed by atoms with Crippen LogP contribution in [-0.2, 0) is 4.79 Å². The fraction of sp³-hybridized carbons (Fsp3) is 0.278. The van der Waals surface area contributed by atoms with Crippen molar-refractivity contribution in [1.29, 1.82) is 0 Å². The molecule has 0 saturated carbocycles. The number of carbonyl (C=O) groups excluding carboxylic acids is 1. The number of fused-ring (bicyclic) bond motifs is 1. The second-order valence-electron chi connectivity index (χ2n) is 5.49. The molecule has 24 heavy (non-hydrogen) atoms. The molecule has 1 amide bonds. The molecule has 0 aromatic heterocycles. The highest BCUT2D eigenvalue weighted by molar-refractivity contribution is 6.30. The van der Waals surface area contributed by atoms with Gasteiger partial charge in [-0.05, 0) is 29.8 Å². The molecule has 0 spiro atoms. The fourth-order valence-electron chi connectivity index (χ4n) is 3.04. The molecule has 0 aliphatic carbocycles. The van der Waals surface area contributed by atoms with E-state index in [9.17, 15) is 4.79 Å². The third-order valence-corrected chi connectivity index (χ3v) is 4.40. The van der Waals surface area contributed by atoms with Crippen LogP contribution in [0.2, 0.25) is 5.02 Å². The van der Waals surface area contributed by atoms with Crippen molar-refractivity contribution in [3.8, 4) is 17.2 Å². The Balaban J connectivity index is 2.18. The van der Waals surface area contributed by atoms with Crippen molar-refractivity contribution in [3.63, 3.8) is 0 Å². The Bertz CT molecular complexity index is 791. The van der Waals surface area contributed by atoms with Gasteiger partial charge in [0.15, 0.2) is 11.5 Å².